The first kappa shape index (κ1) is 79.8. The summed E-state index contributed by atoms with van der Waals surface area (Å²) in [4.78, 5) is 168. The number of amides is 11. The van der Waals surface area contributed by atoms with Gasteiger partial charge in [0.25, 0.3) is 0 Å². The predicted octanol–water partition coefficient (Wildman–Crippen LogP) is 1.92. The number of nitrogens with zero attached hydrogens (tertiary/aromatic N) is 6. The lowest BCUT2D eigenvalue weighted by molar-refractivity contribution is -0.154. The lowest BCUT2D eigenvalue weighted by atomic mass is 9.91. The SMILES string of the molecule is C/C=C/CC(C)C(O)C1C(=O)NC(CC)C(=O)N(C)CC(=O)N(C)C(CC(C)C)C(=O)NC(C(C)C)C(=O)N(C)C(CC(C)C)C(=O)NC(C)C(=O)NC(COCCO)C(=O)N(C)C(CC(C)C)C(=O)NC(CC(C)C)C(=O)N(C)C(C(C)C)C(=O)N1C. The van der Waals surface area contributed by atoms with Crippen LogP contribution >= 0.6 is 0 Å². The van der Waals surface area contributed by atoms with Gasteiger partial charge in [-0.1, -0.05) is 109 Å². The minimum atomic E-state index is -1.63. The number of carbonyl (C=O) groups excluding carboxylic acids is 11. The van der Waals surface area contributed by atoms with Crippen molar-refractivity contribution in [3.63, 3.8) is 0 Å². The molecule has 12 atom stereocenters. The molecule has 11 amide bonds. The molecule has 0 radical (unpaired) electrons. The van der Waals surface area contributed by atoms with Crippen LogP contribution in [0.15, 0.2) is 12.2 Å². The molecule has 0 bridgehead atoms. The van der Waals surface area contributed by atoms with Crippen molar-refractivity contribution in [3.05, 3.63) is 12.2 Å². The average Bonchev–Trinajstić information content (AvgIpc) is 3.64. The van der Waals surface area contributed by atoms with Gasteiger partial charge < -0.3 is 70.9 Å². The van der Waals surface area contributed by atoms with Crippen LogP contribution < -0.4 is 26.6 Å². The van der Waals surface area contributed by atoms with Crippen molar-refractivity contribution in [3.8, 4) is 0 Å². The molecule has 1 fully saturated rings. The zero-order chi connectivity index (χ0) is 67.9. The van der Waals surface area contributed by atoms with E-state index < -0.39 is 169 Å². The number of hydrogen-bond acceptors (Lipinski definition) is 14. The molecule has 1 aliphatic rings. The van der Waals surface area contributed by atoms with Crippen LogP contribution in [0.4, 0.5) is 0 Å². The molecule has 0 aromatic rings. The molecule has 1 aliphatic heterocycles. The van der Waals surface area contributed by atoms with E-state index in [9.17, 15) is 58.2 Å². The van der Waals surface area contributed by atoms with Gasteiger partial charge >= 0.3 is 0 Å². The first-order valence-corrected chi connectivity index (χ1v) is 31.4. The van der Waals surface area contributed by atoms with Crippen LogP contribution in [0.25, 0.3) is 0 Å². The molecule has 0 aromatic heterocycles. The van der Waals surface area contributed by atoms with E-state index in [1.807, 2.05) is 55.4 Å². The van der Waals surface area contributed by atoms with Gasteiger partial charge in [-0.05, 0) is 93.8 Å². The Bertz CT molecular complexity index is 2370. The van der Waals surface area contributed by atoms with Gasteiger partial charge in [0, 0.05) is 42.3 Å². The van der Waals surface area contributed by atoms with Crippen LogP contribution in [-0.2, 0) is 57.5 Å². The molecule has 1 heterocycles. The Kier molecular flexibility index (Phi) is 34.2. The van der Waals surface area contributed by atoms with E-state index in [1.54, 1.807) is 60.6 Å². The molecular weight excluding hydrogens is 1130 g/mol. The Morgan fingerprint density at radius 1 is 0.511 bits per heavy atom. The lowest BCUT2D eigenvalue weighted by Crippen LogP contribution is -2.63. The third-order valence-electron chi connectivity index (χ3n) is 16.0. The van der Waals surface area contributed by atoms with Gasteiger partial charge in [0.2, 0.25) is 65.0 Å². The highest BCUT2D eigenvalue weighted by Crippen LogP contribution is 2.24. The highest BCUT2D eigenvalue weighted by molar-refractivity contribution is 5.99. The van der Waals surface area contributed by atoms with E-state index in [4.69, 9.17) is 4.74 Å². The molecule has 1 saturated heterocycles. The Balaban J connectivity index is 4.38. The van der Waals surface area contributed by atoms with Crippen LogP contribution in [0.3, 0.4) is 0 Å². The number of nitrogens with one attached hydrogen (secondary N) is 5. The van der Waals surface area contributed by atoms with Crippen LogP contribution in [0, 0.1) is 41.4 Å². The summed E-state index contributed by atoms with van der Waals surface area (Å²) in [5, 5.41) is 35.5. The normalized spacial score (nSPS) is 26.3. The van der Waals surface area contributed by atoms with Crippen molar-refractivity contribution in [2.45, 2.75) is 216 Å². The van der Waals surface area contributed by atoms with E-state index >= 15 is 4.79 Å². The van der Waals surface area contributed by atoms with Crippen molar-refractivity contribution in [2.75, 3.05) is 68.7 Å². The van der Waals surface area contributed by atoms with Gasteiger partial charge in [0.05, 0.1) is 32.5 Å². The van der Waals surface area contributed by atoms with E-state index in [2.05, 4.69) is 26.6 Å². The number of allylic oxidation sites excluding steroid dienone is 2. The number of ether oxygens (including phenoxy) is 1. The maximum absolute atomic E-state index is 15.1. The number of aliphatic hydroxyl groups is 2. The smallest absolute Gasteiger partial charge is 0.247 e. The first-order valence-electron chi connectivity index (χ1n) is 31.4. The van der Waals surface area contributed by atoms with Crippen molar-refractivity contribution in [1.29, 1.82) is 0 Å². The number of likely N-dealkylation sites (N-methyl/N-ethyl adjacent to an activating group) is 6. The third-order valence-corrected chi connectivity index (χ3v) is 16.0. The molecular formula is C63H113N11O14. The van der Waals surface area contributed by atoms with E-state index in [0.29, 0.717) is 6.42 Å². The fourth-order valence-electron chi connectivity index (χ4n) is 10.7. The molecule has 25 heteroatoms. The molecule has 12 unspecified atom stereocenters. The second-order valence-corrected chi connectivity index (χ2v) is 26.3. The third kappa shape index (κ3) is 23.6. The summed E-state index contributed by atoms with van der Waals surface area (Å²) in [5.74, 6) is -10.6. The Hall–Kier alpha value is -6.21. The standard InChI is InChI=1S/C63H113N11O14/c1-23-25-26-41(15)53(77)52-58(82)65-43(24-2)59(83)69(17)33-49(76)70(18)46(30-36(5)6)57(81)68-50(39(11)12)62(86)72(20)47(31-37(7)8)55(79)64-42(16)54(78)67-45(34-88-28-27-75)61(85)71(19)48(32-38(9)10)56(80)66-44(29-35(3)4)60(84)73(21)51(40(13)14)63(87)74(52)22/h23,25,35-48,50-53,75,77H,24,26-34H2,1-22H3,(H,64,79)(H,65,82)(H,66,80)(H,67,78)(H,68,81)/b25-23+. The van der Waals surface area contributed by atoms with Crippen molar-refractivity contribution >= 4 is 65.0 Å². The van der Waals surface area contributed by atoms with Crippen LogP contribution in [-0.4, -0.2) is 240 Å². The highest BCUT2D eigenvalue weighted by Gasteiger charge is 2.45. The van der Waals surface area contributed by atoms with Crippen molar-refractivity contribution in [2.24, 2.45) is 41.4 Å². The Morgan fingerprint density at radius 3 is 1.42 bits per heavy atom. The fourth-order valence-corrected chi connectivity index (χ4v) is 10.7. The molecule has 25 nitrogen and oxygen atoms in total. The van der Waals surface area contributed by atoms with Gasteiger partial charge in [-0.25, -0.2) is 0 Å². The molecule has 504 valence electrons. The quantitative estimate of drug-likeness (QED) is 0.0719. The van der Waals surface area contributed by atoms with Gasteiger partial charge in [0.15, 0.2) is 0 Å². The zero-order valence-electron chi connectivity index (χ0n) is 57.1. The van der Waals surface area contributed by atoms with Crippen LogP contribution in [0.1, 0.15) is 149 Å². The van der Waals surface area contributed by atoms with E-state index in [1.165, 1.54) is 63.9 Å². The predicted molar refractivity (Wildman–Crippen MR) is 336 cm³/mol. The monoisotopic (exact) mass is 1250 g/mol. The van der Waals surface area contributed by atoms with Crippen molar-refractivity contribution < 1.29 is 67.7 Å². The number of aliphatic hydroxyl groups excluding tert-OH is 2. The summed E-state index contributed by atoms with van der Waals surface area (Å²) in [5.41, 5.74) is 0. The first-order chi connectivity index (χ1) is 40.8. The summed E-state index contributed by atoms with van der Waals surface area (Å²) in [6.07, 6.45) is 2.76. The molecule has 0 saturated carbocycles. The summed E-state index contributed by atoms with van der Waals surface area (Å²) in [6, 6.07) is -13.1. The molecule has 88 heavy (non-hydrogen) atoms. The second-order valence-electron chi connectivity index (χ2n) is 26.3. The molecule has 0 aromatic carbocycles. The Labute approximate surface area is 524 Å². The van der Waals surface area contributed by atoms with E-state index in [-0.39, 0.29) is 62.4 Å². The average molecular weight is 1250 g/mol. The summed E-state index contributed by atoms with van der Waals surface area (Å²) in [7, 11) is 8.27. The number of hydrogen-bond donors (Lipinski definition) is 7. The Morgan fingerprint density at radius 2 is 0.955 bits per heavy atom. The van der Waals surface area contributed by atoms with Gasteiger partial charge in [-0.2, -0.15) is 0 Å². The largest absolute Gasteiger partial charge is 0.394 e. The molecule has 7 N–H and O–H groups in total. The maximum Gasteiger partial charge on any atom is 0.247 e. The molecule has 0 spiro atoms. The van der Waals surface area contributed by atoms with Gasteiger partial charge in [-0.15, -0.1) is 0 Å². The highest BCUT2D eigenvalue weighted by atomic mass is 16.5. The summed E-state index contributed by atoms with van der Waals surface area (Å²) < 4.78 is 5.59. The maximum atomic E-state index is 15.1. The number of rotatable bonds is 19. The molecule has 1 rings (SSSR count). The second kappa shape index (κ2) is 37.7. The number of carbonyl (C=O) groups is 11. The molecule has 0 aliphatic carbocycles. The van der Waals surface area contributed by atoms with Gasteiger partial charge in [0.1, 0.15) is 60.4 Å². The summed E-state index contributed by atoms with van der Waals surface area (Å²) >= 11 is 0. The van der Waals surface area contributed by atoms with Crippen molar-refractivity contribution in [1.82, 2.24) is 56.0 Å². The minimum Gasteiger partial charge on any atom is -0.394 e. The van der Waals surface area contributed by atoms with Crippen LogP contribution in [0.5, 0.6) is 0 Å². The summed E-state index contributed by atoms with van der Waals surface area (Å²) in [6.45, 7) is 26.4. The topological polar surface area (TPSA) is 317 Å². The minimum absolute atomic E-state index is 0.00906. The lowest BCUT2D eigenvalue weighted by Gasteiger charge is -2.40. The zero-order valence-corrected chi connectivity index (χ0v) is 57.1. The van der Waals surface area contributed by atoms with E-state index in [0.717, 1.165) is 14.7 Å². The fraction of sp³-hybridized carbons (Fsp3) is 0.794. The van der Waals surface area contributed by atoms with Crippen LogP contribution in [0.2, 0.25) is 0 Å². The van der Waals surface area contributed by atoms with Gasteiger partial charge in [-0.3, -0.25) is 52.7 Å².